The number of nitrogens with one attached hydrogen (secondary N) is 1. The first-order valence-electron chi connectivity index (χ1n) is 5.65. The van der Waals surface area contributed by atoms with E-state index >= 15 is 0 Å². The zero-order chi connectivity index (χ0) is 12.5. The van der Waals surface area contributed by atoms with Crippen molar-refractivity contribution in [1.29, 1.82) is 0 Å². The molecular formula is C13H17BrClNO. The summed E-state index contributed by atoms with van der Waals surface area (Å²) in [6.45, 7) is 4.56. The number of rotatable bonds is 7. The lowest BCUT2D eigenvalue weighted by molar-refractivity contribution is 0.360. The minimum atomic E-state index is 0.482. The first-order valence-corrected chi connectivity index (χ1v) is 6.88. The van der Waals surface area contributed by atoms with Crippen molar-refractivity contribution in [3.05, 3.63) is 39.8 Å². The van der Waals surface area contributed by atoms with Crippen molar-refractivity contribution in [2.24, 2.45) is 0 Å². The fourth-order valence-corrected chi connectivity index (χ4v) is 1.97. The number of hydrogen-bond acceptors (Lipinski definition) is 2. The van der Waals surface area contributed by atoms with Crippen LogP contribution in [0.1, 0.15) is 18.9 Å². The molecule has 0 aliphatic rings. The highest BCUT2D eigenvalue weighted by Crippen LogP contribution is 2.26. The van der Waals surface area contributed by atoms with Gasteiger partial charge in [0.1, 0.15) is 12.4 Å². The first kappa shape index (κ1) is 14.6. The summed E-state index contributed by atoms with van der Waals surface area (Å²) < 4.78 is 6.49. The Morgan fingerprint density at radius 3 is 2.94 bits per heavy atom. The molecule has 0 amide bonds. The van der Waals surface area contributed by atoms with Crippen LogP contribution in [0.3, 0.4) is 0 Å². The van der Waals surface area contributed by atoms with Crippen molar-refractivity contribution in [2.45, 2.75) is 19.9 Å². The van der Waals surface area contributed by atoms with E-state index in [4.69, 9.17) is 16.3 Å². The second-order valence-electron chi connectivity index (χ2n) is 3.61. The van der Waals surface area contributed by atoms with E-state index in [-0.39, 0.29) is 0 Å². The van der Waals surface area contributed by atoms with Crippen molar-refractivity contribution in [1.82, 2.24) is 5.32 Å². The fourth-order valence-electron chi connectivity index (χ4n) is 1.36. The molecule has 1 N–H and O–H groups in total. The molecule has 1 aromatic carbocycles. The number of ether oxygens (including phenoxy) is 1. The number of hydrogen-bond donors (Lipinski definition) is 1. The van der Waals surface area contributed by atoms with E-state index in [1.54, 1.807) is 6.08 Å². The highest BCUT2D eigenvalue weighted by atomic mass is 79.9. The van der Waals surface area contributed by atoms with Gasteiger partial charge in [-0.1, -0.05) is 24.6 Å². The standard InChI is InChI=1S/C13H17BrClNO/c1-2-7-16-10-11-4-5-13(12(14)9-11)17-8-3-6-15/h3-6,9,16H,2,7-8,10H2,1H3. The maximum atomic E-state index is 5.52. The Morgan fingerprint density at radius 2 is 2.29 bits per heavy atom. The van der Waals surface area contributed by atoms with Crippen LogP contribution in [0.15, 0.2) is 34.3 Å². The molecule has 17 heavy (non-hydrogen) atoms. The molecular weight excluding hydrogens is 302 g/mol. The van der Waals surface area contributed by atoms with Gasteiger partial charge in [-0.3, -0.25) is 0 Å². The van der Waals surface area contributed by atoms with E-state index < -0.39 is 0 Å². The van der Waals surface area contributed by atoms with Gasteiger partial charge in [-0.05, 0) is 52.7 Å². The third kappa shape index (κ3) is 5.57. The molecule has 0 saturated heterocycles. The molecule has 0 radical (unpaired) electrons. The average Bonchev–Trinajstić information content (AvgIpc) is 2.32. The fraction of sp³-hybridized carbons (Fsp3) is 0.385. The van der Waals surface area contributed by atoms with Gasteiger partial charge in [0.25, 0.3) is 0 Å². The van der Waals surface area contributed by atoms with Gasteiger partial charge >= 0.3 is 0 Å². The van der Waals surface area contributed by atoms with Crippen LogP contribution >= 0.6 is 27.5 Å². The van der Waals surface area contributed by atoms with Crippen LogP contribution in [0.5, 0.6) is 5.75 Å². The molecule has 1 rings (SSSR count). The van der Waals surface area contributed by atoms with Crippen LogP contribution in [0.4, 0.5) is 0 Å². The normalized spacial score (nSPS) is 11.0. The highest BCUT2D eigenvalue weighted by molar-refractivity contribution is 9.10. The molecule has 0 spiro atoms. The largest absolute Gasteiger partial charge is 0.488 e. The van der Waals surface area contributed by atoms with Crippen LogP contribution in [0.2, 0.25) is 0 Å². The van der Waals surface area contributed by atoms with E-state index in [0.29, 0.717) is 6.61 Å². The van der Waals surface area contributed by atoms with Gasteiger partial charge in [0.2, 0.25) is 0 Å². The average molecular weight is 319 g/mol. The van der Waals surface area contributed by atoms with Crippen molar-refractivity contribution in [3.8, 4) is 5.75 Å². The van der Waals surface area contributed by atoms with Crippen LogP contribution in [-0.2, 0) is 6.54 Å². The predicted molar refractivity (Wildman–Crippen MR) is 76.6 cm³/mol. The molecule has 4 heteroatoms. The van der Waals surface area contributed by atoms with Crippen molar-refractivity contribution in [2.75, 3.05) is 13.2 Å². The minimum Gasteiger partial charge on any atom is -0.488 e. The number of halogens is 2. The van der Waals surface area contributed by atoms with Crippen molar-refractivity contribution < 1.29 is 4.74 Å². The molecule has 0 aliphatic heterocycles. The summed E-state index contributed by atoms with van der Waals surface area (Å²) >= 11 is 8.92. The predicted octanol–water partition coefficient (Wildman–Crippen LogP) is 4.08. The van der Waals surface area contributed by atoms with Gasteiger partial charge in [-0.2, -0.15) is 0 Å². The van der Waals surface area contributed by atoms with Gasteiger partial charge < -0.3 is 10.1 Å². The van der Waals surface area contributed by atoms with E-state index in [1.165, 1.54) is 11.1 Å². The molecule has 2 nitrogen and oxygen atoms in total. The second kappa shape index (κ2) is 8.56. The van der Waals surface area contributed by atoms with Crippen molar-refractivity contribution in [3.63, 3.8) is 0 Å². The number of benzene rings is 1. The minimum absolute atomic E-state index is 0.482. The van der Waals surface area contributed by atoms with Gasteiger partial charge in [-0.25, -0.2) is 0 Å². The van der Waals surface area contributed by atoms with Crippen LogP contribution < -0.4 is 10.1 Å². The second-order valence-corrected chi connectivity index (χ2v) is 4.72. The van der Waals surface area contributed by atoms with Gasteiger partial charge in [0.15, 0.2) is 0 Å². The summed E-state index contributed by atoms with van der Waals surface area (Å²) in [7, 11) is 0. The summed E-state index contributed by atoms with van der Waals surface area (Å²) in [4.78, 5) is 0. The first-order chi connectivity index (χ1) is 8.27. The van der Waals surface area contributed by atoms with Crippen LogP contribution in [0, 0.1) is 0 Å². The molecule has 0 aliphatic carbocycles. The quantitative estimate of drug-likeness (QED) is 0.765. The Balaban J connectivity index is 2.53. The van der Waals surface area contributed by atoms with E-state index in [2.05, 4.69) is 40.3 Å². The molecule has 0 fully saturated rings. The Bertz CT molecular complexity index is 368. The maximum Gasteiger partial charge on any atom is 0.133 e. The molecule has 1 aromatic rings. The third-order valence-corrected chi connectivity index (χ3v) is 2.97. The van der Waals surface area contributed by atoms with E-state index in [1.807, 2.05) is 6.07 Å². The zero-order valence-electron chi connectivity index (χ0n) is 9.88. The Kier molecular flexibility index (Phi) is 7.33. The monoisotopic (exact) mass is 317 g/mol. The van der Waals surface area contributed by atoms with E-state index in [0.717, 1.165) is 29.7 Å². The summed E-state index contributed by atoms with van der Waals surface area (Å²) in [5, 5.41) is 3.36. The molecule has 94 valence electrons. The third-order valence-electron chi connectivity index (χ3n) is 2.18. The summed E-state index contributed by atoms with van der Waals surface area (Å²) in [6, 6.07) is 6.10. The Morgan fingerprint density at radius 1 is 1.47 bits per heavy atom. The molecule has 0 unspecified atom stereocenters. The van der Waals surface area contributed by atoms with Gasteiger partial charge in [0, 0.05) is 12.1 Å². The molecule has 0 heterocycles. The van der Waals surface area contributed by atoms with Crippen LogP contribution in [-0.4, -0.2) is 13.2 Å². The van der Waals surface area contributed by atoms with E-state index in [9.17, 15) is 0 Å². The summed E-state index contributed by atoms with van der Waals surface area (Å²) in [6.07, 6.45) is 2.90. The van der Waals surface area contributed by atoms with Crippen molar-refractivity contribution >= 4 is 27.5 Å². The lowest BCUT2D eigenvalue weighted by atomic mass is 10.2. The molecule has 0 bridgehead atoms. The lowest BCUT2D eigenvalue weighted by Gasteiger charge is -2.08. The Labute approximate surface area is 116 Å². The van der Waals surface area contributed by atoms with Gasteiger partial charge in [-0.15, -0.1) is 0 Å². The molecule has 0 aromatic heterocycles. The smallest absolute Gasteiger partial charge is 0.133 e. The molecule has 0 atom stereocenters. The maximum absolute atomic E-state index is 5.52. The SMILES string of the molecule is CCCNCc1ccc(OCC=CCl)c(Br)c1. The van der Waals surface area contributed by atoms with Gasteiger partial charge in [0.05, 0.1) is 4.47 Å². The highest BCUT2D eigenvalue weighted by Gasteiger charge is 2.01. The van der Waals surface area contributed by atoms with Crippen LogP contribution in [0.25, 0.3) is 0 Å². The summed E-state index contributed by atoms with van der Waals surface area (Å²) in [5.41, 5.74) is 2.70. The summed E-state index contributed by atoms with van der Waals surface area (Å²) in [5.74, 6) is 0.832. The zero-order valence-corrected chi connectivity index (χ0v) is 12.2. The topological polar surface area (TPSA) is 21.3 Å². The lowest BCUT2D eigenvalue weighted by Crippen LogP contribution is -2.13. The Hall–Kier alpha value is -0.510. The molecule has 0 saturated carbocycles.